The van der Waals surface area contributed by atoms with Crippen molar-refractivity contribution in [3.8, 4) is 0 Å². The summed E-state index contributed by atoms with van der Waals surface area (Å²) in [6, 6.07) is 9.45. The fraction of sp³-hybridized carbons (Fsp3) is 0.571. The molecule has 80 valence electrons. The summed E-state index contributed by atoms with van der Waals surface area (Å²) in [5.74, 6) is 1.43. The molecule has 1 aromatic carbocycles. The van der Waals surface area contributed by atoms with Crippen molar-refractivity contribution in [1.29, 1.82) is 0 Å². The number of rotatable bonds is 2. The van der Waals surface area contributed by atoms with Crippen LogP contribution in [0.4, 0.5) is 0 Å². The zero-order valence-corrected chi connectivity index (χ0v) is 9.53. The zero-order chi connectivity index (χ0) is 10.6. The molecule has 0 bridgehead atoms. The highest BCUT2D eigenvalue weighted by Crippen LogP contribution is 2.57. The molecule has 0 saturated heterocycles. The van der Waals surface area contributed by atoms with E-state index in [4.69, 9.17) is 5.73 Å². The van der Waals surface area contributed by atoms with Crippen molar-refractivity contribution in [2.75, 3.05) is 0 Å². The van der Waals surface area contributed by atoms with E-state index in [0.717, 1.165) is 5.92 Å². The number of hydrogen-bond donors (Lipinski definition) is 1. The van der Waals surface area contributed by atoms with Crippen LogP contribution < -0.4 is 5.73 Å². The lowest BCUT2D eigenvalue weighted by molar-refractivity contribution is 0.599. The minimum absolute atomic E-state index is 0.308. The molecule has 2 aliphatic carbocycles. The van der Waals surface area contributed by atoms with Gasteiger partial charge in [0.25, 0.3) is 0 Å². The fourth-order valence-electron chi connectivity index (χ4n) is 2.74. The number of hydrogen-bond acceptors (Lipinski definition) is 1. The topological polar surface area (TPSA) is 26.0 Å². The van der Waals surface area contributed by atoms with Crippen LogP contribution in [0.25, 0.3) is 0 Å². The van der Waals surface area contributed by atoms with Crippen LogP contribution in [-0.4, -0.2) is 6.04 Å². The first-order valence-electron chi connectivity index (χ1n) is 5.96. The van der Waals surface area contributed by atoms with Crippen LogP contribution in [0.2, 0.25) is 0 Å². The Morgan fingerprint density at radius 1 is 1.20 bits per heavy atom. The fourth-order valence-corrected chi connectivity index (χ4v) is 2.74. The van der Waals surface area contributed by atoms with Gasteiger partial charge in [0.1, 0.15) is 0 Å². The summed E-state index contributed by atoms with van der Waals surface area (Å²) in [4.78, 5) is 0. The van der Waals surface area contributed by atoms with E-state index in [-0.39, 0.29) is 0 Å². The van der Waals surface area contributed by atoms with Gasteiger partial charge in [-0.1, -0.05) is 38.1 Å². The standard InChI is InChI=1S/C14H19N/c1-14(2)12(13(14)15)11-5-3-4-10(8-11)9-6-7-9/h3-5,8-9,12-13H,6-7,15H2,1-2H3/t12-,13-/m0/s1. The molecule has 1 heteroatoms. The second-order valence-electron chi connectivity index (χ2n) is 5.77. The lowest BCUT2D eigenvalue weighted by atomic mass is 10.00. The van der Waals surface area contributed by atoms with Gasteiger partial charge < -0.3 is 5.73 Å². The monoisotopic (exact) mass is 201 g/mol. The first kappa shape index (κ1) is 9.41. The lowest BCUT2D eigenvalue weighted by Crippen LogP contribution is -2.06. The Balaban J connectivity index is 1.90. The van der Waals surface area contributed by atoms with Crippen molar-refractivity contribution in [3.63, 3.8) is 0 Å². The Kier molecular flexibility index (Phi) is 1.79. The molecule has 0 radical (unpaired) electrons. The molecule has 1 aromatic rings. The van der Waals surface area contributed by atoms with Gasteiger partial charge in [-0.25, -0.2) is 0 Å². The van der Waals surface area contributed by atoms with Crippen molar-refractivity contribution >= 4 is 0 Å². The highest BCUT2D eigenvalue weighted by atomic mass is 14.8. The third kappa shape index (κ3) is 1.41. The molecule has 0 aliphatic heterocycles. The third-order valence-electron chi connectivity index (χ3n) is 4.23. The largest absolute Gasteiger partial charge is 0.327 e. The van der Waals surface area contributed by atoms with Gasteiger partial charge in [-0.3, -0.25) is 0 Å². The van der Waals surface area contributed by atoms with Crippen molar-refractivity contribution < 1.29 is 0 Å². The van der Waals surface area contributed by atoms with E-state index in [9.17, 15) is 0 Å². The normalized spacial score (nSPS) is 32.7. The van der Waals surface area contributed by atoms with E-state index in [1.165, 1.54) is 24.0 Å². The van der Waals surface area contributed by atoms with Crippen LogP contribution in [0.1, 0.15) is 49.7 Å². The van der Waals surface area contributed by atoms with E-state index < -0.39 is 0 Å². The molecule has 0 heterocycles. The Hall–Kier alpha value is -0.820. The van der Waals surface area contributed by atoms with Crippen molar-refractivity contribution in [2.45, 2.75) is 44.6 Å². The summed E-state index contributed by atoms with van der Waals surface area (Å²) < 4.78 is 0. The van der Waals surface area contributed by atoms with E-state index in [1.807, 2.05) is 0 Å². The molecule has 2 N–H and O–H groups in total. The van der Waals surface area contributed by atoms with Gasteiger partial charge in [0.05, 0.1) is 0 Å². The minimum atomic E-state index is 0.308. The van der Waals surface area contributed by atoms with E-state index in [1.54, 1.807) is 0 Å². The predicted octanol–water partition coefficient (Wildman–Crippen LogP) is 3.01. The SMILES string of the molecule is CC1(C)[C@@H](N)[C@@H]1c1cccc(C2CC2)c1. The number of benzene rings is 1. The lowest BCUT2D eigenvalue weighted by Gasteiger charge is -2.05. The van der Waals surface area contributed by atoms with E-state index in [0.29, 0.717) is 17.4 Å². The molecule has 2 saturated carbocycles. The van der Waals surface area contributed by atoms with Crippen LogP contribution in [0, 0.1) is 5.41 Å². The maximum absolute atomic E-state index is 6.12. The summed E-state index contributed by atoms with van der Waals surface area (Å²) in [5.41, 5.74) is 9.41. The van der Waals surface area contributed by atoms with Crippen LogP contribution in [0.15, 0.2) is 24.3 Å². The first-order valence-corrected chi connectivity index (χ1v) is 5.96. The molecule has 0 amide bonds. The number of nitrogens with two attached hydrogens (primary N) is 1. The van der Waals surface area contributed by atoms with E-state index >= 15 is 0 Å². The van der Waals surface area contributed by atoms with Gasteiger partial charge in [0.15, 0.2) is 0 Å². The van der Waals surface area contributed by atoms with Crippen LogP contribution in [-0.2, 0) is 0 Å². The van der Waals surface area contributed by atoms with Crippen LogP contribution in [0.3, 0.4) is 0 Å². The molecule has 2 aliphatic rings. The molecule has 2 fully saturated rings. The maximum Gasteiger partial charge on any atom is 0.0172 e. The molecule has 2 atom stereocenters. The Labute approximate surface area is 91.7 Å². The van der Waals surface area contributed by atoms with Gasteiger partial charge in [-0.2, -0.15) is 0 Å². The molecule has 0 aromatic heterocycles. The molecular weight excluding hydrogens is 182 g/mol. The van der Waals surface area contributed by atoms with Gasteiger partial charge in [0.2, 0.25) is 0 Å². The predicted molar refractivity (Wildman–Crippen MR) is 62.9 cm³/mol. The zero-order valence-electron chi connectivity index (χ0n) is 9.53. The highest BCUT2D eigenvalue weighted by molar-refractivity contribution is 5.38. The average Bonchev–Trinajstić information content (AvgIpc) is 3.07. The Morgan fingerprint density at radius 2 is 1.80 bits per heavy atom. The maximum atomic E-state index is 6.12. The Morgan fingerprint density at radius 3 is 2.33 bits per heavy atom. The summed E-state index contributed by atoms with van der Waals surface area (Å²) in [5, 5.41) is 0. The smallest absolute Gasteiger partial charge is 0.0172 e. The highest BCUT2D eigenvalue weighted by Gasteiger charge is 2.56. The van der Waals surface area contributed by atoms with Crippen LogP contribution >= 0.6 is 0 Å². The first-order chi connectivity index (χ1) is 7.10. The second kappa shape index (κ2) is 2.85. The van der Waals surface area contributed by atoms with Crippen molar-refractivity contribution in [3.05, 3.63) is 35.4 Å². The summed E-state index contributed by atoms with van der Waals surface area (Å²) in [6.07, 6.45) is 2.76. The van der Waals surface area contributed by atoms with Crippen molar-refractivity contribution in [2.24, 2.45) is 11.1 Å². The molecule has 3 rings (SSSR count). The van der Waals surface area contributed by atoms with Crippen molar-refractivity contribution in [1.82, 2.24) is 0 Å². The van der Waals surface area contributed by atoms with Gasteiger partial charge >= 0.3 is 0 Å². The molecule has 0 spiro atoms. The van der Waals surface area contributed by atoms with E-state index in [2.05, 4.69) is 38.1 Å². The average molecular weight is 201 g/mol. The summed E-state index contributed by atoms with van der Waals surface area (Å²) >= 11 is 0. The molecule has 0 unspecified atom stereocenters. The van der Waals surface area contributed by atoms with Gasteiger partial charge in [-0.05, 0) is 35.3 Å². The van der Waals surface area contributed by atoms with Crippen LogP contribution in [0.5, 0.6) is 0 Å². The summed E-state index contributed by atoms with van der Waals surface area (Å²) in [7, 11) is 0. The molecule has 1 nitrogen and oxygen atoms in total. The minimum Gasteiger partial charge on any atom is -0.327 e. The third-order valence-corrected chi connectivity index (χ3v) is 4.23. The van der Waals surface area contributed by atoms with Gasteiger partial charge in [0, 0.05) is 12.0 Å². The molecule has 15 heavy (non-hydrogen) atoms. The molecular formula is C14H19N. The van der Waals surface area contributed by atoms with Gasteiger partial charge in [-0.15, -0.1) is 0 Å². The quantitative estimate of drug-likeness (QED) is 0.782. The summed E-state index contributed by atoms with van der Waals surface area (Å²) in [6.45, 7) is 4.54. The second-order valence-corrected chi connectivity index (χ2v) is 5.77. The Bertz CT molecular complexity index is 390.